The van der Waals surface area contributed by atoms with Crippen LogP contribution in [0.25, 0.3) is 5.95 Å². The van der Waals surface area contributed by atoms with E-state index in [0.29, 0.717) is 28.6 Å². The molecule has 3 aromatic rings. The van der Waals surface area contributed by atoms with Gasteiger partial charge in [-0.2, -0.15) is 5.10 Å². The highest BCUT2D eigenvalue weighted by Gasteiger charge is 2.18. The molecule has 0 radical (unpaired) electrons. The summed E-state index contributed by atoms with van der Waals surface area (Å²) in [5.74, 6) is 0.605. The third-order valence-electron chi connectivity index (χ3n) is 4.47. The van der Waals surface area contributed by atoms with Crippen molar-refractivity contribution >= 4 is 11.6 Å². The Bertz CT molecular complexity index is 1100. The fourth-order valence-electron chi connectivity index (χ4n) is 2.92. The fourth-order valence-corrected chi connectivity index (χ4v) is 2.92. The largest absolute Gasteiger partial charge is 0.497 e. The molecule has 0 saturated heterocycles. The molecular weight excluding hydrogens is 358 g/mol. The summed E-state index contributed by atoms with van der Waals surface area (Å²) in [5, 5.41) is 7.20. The summed E-state index contributed by atoms with van der Waals surface area (Å²) in [6, 6.07) is 8.92. The van der Waals surface area contributed by atoms with Crippen LogP contribution in [-0.4, -0.2) is 32.3 Å². The summed E-state index contributed by atoms with van der Waals surface area (Å²) >= 11 is 0. The van der Waals surface area contributed by atoms with E-state index in [9.17, 15) is 9.59 Å². The third-order valence-corrected chi connectivity index (χ3v) is 4.47. The summed E-state index contributed by atoms with van der Waals surface area (Å²) in [4.78, 5) is 30.0. The second-order valence-corrected chi connectivity index (χ2v) is 6.63. The zero-order valence-electron chi connectivity index (χ0n) is 16.6. The van der Waals surface area contributed by atoms with Gasteiger partial charge in [-0.25, -0.2) is 9.67 Å². The summed E-state index contributed by atoms with van der Waals surface area (Å²) in [6.07, 6.45) is 0. The Morgan fingerprint density at radius 3 is 2.57 bits per heavy atom. The molecule has 1 amide bonds. The van der Waals surface area contributed by atoms with Crippen molar-refractivity contribution in [2.24, 2.45) is 0 Å². The van der Waals surface area contributed by atoms with Gasteiger partial charge in [-0.3, -0.25) is 14.2 Å². The molecule has 0 saturated carbocycles. The van der Waals surface area contributed by atoms with Gasteiger partial charge in [0, 0.05) is 28.7 Å². The van der Waals surface area contributed by atoms with E-state index in [0.717, 1.165) is 11.4 Å². The molecule has 3 rings (SSSR count). The lowest BCUT2D eigenvalue weighted by molar-refractivity contribution is -0.116. The summed E-state index contributed by atoms with van der Waals surface area (Å²) in [7, 11) is 1.56. The average molecular weight is 381 g/mol. The van der Waals surface area contributed by atoms with Crippen molar-refractivity contribution in [3.8, 4) is 11.7 Å². The van der Waals surface area contributed by atoms with Crippen molar-refractivity contribution in [2.45, 2.75) is 34.2 Å². The number of aromatic nitrogens is 4. The zero-order chi connectivity index (χ0) is 20.4. The van der Waals surface area contributed by atoms with Crippen molar-refractivity contribution in [1.82, 2.24) is 19.3 Å². The van der Waals surface area contributed by atoms with Gasteiger partial charge in [-0.1, -0.05) is 6.07 Å². The van der Waals surface area contributed by atoms with Gasteiger partial charge in [0.15, 0.2) is 0 Å². The van der Waals surface area contributed by atoms with Crippen molar-refractivity contribution in [1.29, 1.82) is 0 Å². The molecule has 1 aromatic carbocycles. The SMILES string of the molecule is COc1cccc(NC(=O)Cn2c(-n3nc(C)cc3C)nc(C)c(C)c2=O)c1. The molecular formula is C20H23N5O3. The lowest BCUT2D eigenvalue weighted by Crippen LogP contribution is -2.33. The predicted octanol–water partition coefficient (Wildman–Crippen LogP) is 2.31. The van der Waals surface area contributed by atoms with Gasteiger partial charge in [-0.05, 0) is 45.9 Å². The number of hydrogen-bond acceptors (Lipinski definition) is 5. The summed E-state index contributed by atoms with van der Waals surface area (Å²) in [5.41, 5.74) is 3.06. The molecule has 0 aliphatic carbocycles. The monoisotopic (exact) mass is 381 g/mol. The van der Waals surface area contributed by atoms with Crippen LogP contribution < -0.4 is 15.6 Å². The molecule has 0 aliphatic rings. The standard InChI is InChI=1S/C20H23N5O3/c1-12-9-13(2)25(23-12)20-21-15(4)14(3)19(27)24(20)11-18(26)22-16-7-6-8-17(10-16)28-5/h6-10H,11H2,1-5H3,(H,22,26). The molecule has 0 aliphatic heterocycles. The lowest BCUT2D eigenvalue weighted by atomic mass is 10.2. The first-order chi connectivity index (χ1) is 13.3. The van der Waals surface area contributed by atoms with E-state index in [1.807, 2.05) is 19.9 Å². The Kier molecular flexibility index (Phi) is 5.30. The van der Waals surface area contributed by atoms with Crippen molar-refractivity contribution in [3.05, 3.63) is 63.3 Å². The number of amides is 1. The number of rotatable bonds is 5. The van der Waals surface area contributed by atoms with Crippen LogP contribution in [0, 0.1) is 27.7 Å². The van der Waals surface area contributed by atoms with E-state index in [1.165, 1.54) is 4.57 Å². The summed E-state index contributed by atoms with van der Waals surface area (Å²) < 4.78 is 8.10. The highest BCUT2D eigenvalue weighted by atomic mass is 16.5. The molecule has 0 fully saturated rings. The van der Waals surface area contributed by atoms with E-state index in [2.05, 4.69) is 15.4 Å². The number of benzene rings is 1. The number of carbonyl (C=O) groups is 1. The fraction of sp³-hybridized carbons (Fsp3) is 0.300. The Morgan fingerprint density at radius 2 is 1.93 bits per heavy atom. The zero-order valence-corrected chi connectivity index (χ0v) is 16.6. The van der Waals surface area contributed by atoms with E-state index in [4.69, 9.17) is 4.74 Å². The molecule has 2 heterocycles. The number of ether oxygens (including phenoxy) is 1. The first-order valence-electron chi connectivity index (χ1n) is 8.85. The van der Waals surface area contributed by atoms with Gasteiger partial charge >= 0.3 is 0 Å². The Hall–Kier alpha value is -3.42. The van der Waals surface area contributed by atoms with Crippen molar-refractivity contribution in [2.75, 3.05) is 12.4 Å². The number of nitrogens with zero attached hydrogens (tertiary/aromatic N) is 4. The van der Waals surface area contributed by atoms with Gasteiger partial charge in [0.1, 0.15) is 12.3 Å². The minimum atomic E-state index is -0.344. The van der Waals surface area contributed by atoms with Crippen LogP contribution in [0.4, 0.5) is 5.69 Å². The molecule has 0 spiro atoms. The number of methoxy groups -OCH3 is 1. The molecule has 1 N–H and O–H groups in total. The molecule has 28 heavy (non-hydrogen) atoms. The molecule has 0 atom stereocenters. The van der Waals surface area contributed by atoms with Crippen molar-refractivity contribution < 1.29 is 9.53 Å². The second kappa shape index (κ2) is 7.67. The van der Waals surface area contributed by atoms with E-state index in [1.54, 1.807) is 49.9 Å². The third kappa shape index (κ3) is 3.80. The summed E-state index contributed by atoms with van der Waals surface area (Å²) in [6.45, 7) is 7.03. The van der Waals surface area contributed by atoms with Gasteiger partial charge < -0.3 is 10.1 Å². The predicted molar refractivity (Wildman–Crippen MR) is 106 cm³/mol. The van der Waals surface area contributed by atoms with Crippen LogP contribution in [-0.2, 0) is 11.3 Å². The smallest absolute Gasteiger partial charge is 0.258 e. The minimum absolute atomic E-state index is 0.183. The van der Waals surface area contributed by atoms with E-state index < -0.39 is 0 Å². The van der Waals surface area contributed by atoms with E-state index >= 15 is 0 Å². The van der Waals surface area contributed by atoms with Crippen LogP contribution in [0.5, 0.6) is 5.75 Å². The molecule has 8 nitrogen and oxygen atoms in total. The van der Waals surface area contributed by atoms with E-state index in [-0.39, 0.29) is 18.0 Å². The quantitative estimate of drug-likeness (QED) is 0.732. The van der Waals surface area contributed by atoms with Gasteiger partial charge in [-0.15, -0.1) is 0 Å². The maximum Gasteiger partial charge on any atom is 0.258 e. The van der Waals surface area contributed by atoms with Crippen LogP contribution >= 0.6 is 0 Å². The second-order valence-electron chi connectivity index (χ2n) is 6.63. The number of aryl methyl sites for hydroxylation is 3. The number of nitrogens with one attached hydrogen (secondary N) is 1. The topological polar surface area (TPSA) is 91.0 Å². The van der Waals surface area contributed by atoms with Crippen LogP contribution in [0.15, 0.2) is 35.1 Å². The number of hydrogen-bond donors (Lipinski definition) is 1. The average Bonchev–Trinajstić information content (AvgIpc) is 3.00. The Balaban J connectivity index is 1.98. The van der Waals surface area contributed by atoms with Gasteiger partial charge in [0.25, 0.3) is 5.56 Å². The first-order valence-corrected chi connectivity index (χ1v) is 8.85. The highest BCUT2D eigenvalue weighted by Crippen LogP contribution is 2.17. The first kappa shape index (κ1) is 19.3. The maximum absolute atomic E-state index is 12.9. The van der Waals surface area contributed by atoms with Crippen molar-refractivity contribution in [3.63, 3.8) is 0 Å². The molecule has 2 aromatic heterocycles. The van der Waals surface area contributed by atoms with Crippen LogP contribution in [0.1, 0.15) is 22.6 Å². The lowest BCUT2D eigenvalue weighted by Gasteiger charge is -2.15. The molecule has 146 valence electrons. The molecule has 8 heteroatoms. The minimum Gasteiger partial charge on any atom is -0.497 e. The van der Waals surface area contributed by atoms with Crippen LogP contribution in [0.3, 0.4) is 0 Å². The van der Waals surface area contributed by atoms with Gasteiger partial charge in [0.2, 0.25) is 11.9 Å². The maximum atomic E-state index is 12.9. The number of carbonyl (C=O) groups excluding carboxylic acids is 1. The number of anilines is 1. The van der Waals surface area contributed by atoms with Crippen LogP contribution in [0.2, 0.25) is 0 Å². The molecule has 0 unspecified atom stereocenters. The molecule has 0 bridgehead atoms. The van der Waals surface area contributed by atoms with Gasteiger partial charge in [0.05, 0.1) is 12.8 Å². The normalized spacial score (nSPS) is 10.8. The Morgan fingerprint density at radius 1 is 1.18 bits per heavy atom. The Labute approximate surface area is 162 Å². The highest BCUT2D eigenvalue weighted by molar-refractivity contribution is 5.90.